The van der Waals surface area contributed by atoms with E-state index < -0.39 is 0 Å². The lowest BCUT2D eigenvalue weighted by molar-refractivity contribution is 0.663. The lowest BCUT2D eigenvalue weighted by Crippen LogP contribution is -2.37. The van der Waals surface area contributed by atoms with Crippen LogP contribution in [0.15, 0.2) is 15.9 Å². The third-order valence-corrected chi connectivity index (χ3v) is 4.40. The maximum absolute atomic E-state index is 11.9. The Kier molecular flexibility index (Phi) is 2.02. The van der Waals surface area contributed by atoms with Crippen LogP contribution in [0, 0.1) is 0 Å². The summed E-state index contributed by atoms with van der Waals surface area (Å²) in [6.45, 7) is 1.08. The fraction of sp³-hybridized carbons (Fsp3) is 0.600. The van der Waals surface area contributed by atoms with Crippen LogP contribution >= 0.6 is 11.8 Å². The summed E-state index contributed by atoms with van der Waals surface area (Å²) in [6, 6.07) is 0.622. The number of hydrogen-bond donors (Lipinski definition) is 0. The van der Waals surface area contributed by atoms with Crippen LogP contribution in [0.3, 0.4) is 0 Å². The van der Waals surface area contributed by atoms with Crippen LogP contribution in [0.25, 0.3) is 0 Å². The Morgan fingerprint density at radius 1 is 1.60 bits per heavy atom. The summed E-state index contributed by atoms with van der Waals surface area (Å²) in [4.78, 5) is 15.1. The van der Waals surface area contributed by atoms with Crippen LogP contribution < -0.4 is 10.5 Å². The molecule has 0 unspecified atom stereocenters. The molecule has 1 atom stereocenters. The third-order valence-electron chi connectivity index (χ3n) is 3.18. The van der Waals surface area contributed by atoms with Gasteiger partial charge in [-0.2, -0.15) is 5.10 Å². The number of anilines is 1. The second-order valence-electron chi connectivity index (χ2n) is 4.09. The lowest BCUT2D eigenvalue weighted by atomic mass is 10.2. The molecule has 1 saturated heterocycles. The highest BCUT2D eigenvalue weighted by Gasteiger charge is 2.32. The highest BCUT2D eigenvalue weighted by molar-refractivity contribution is 7.99. The molecule has 0 spiro atoms. The molecule has 3 rings (SSSR count). The van der Waals surface area contributed by atoms with Gasteiger partial charge in [0.2, 0.25) is 0 Å². The molecule has 0 bridgehead atoms. The van der Waals surface area contributed by atoms with Crippen molar-refractivity contribution in [2.45, 2.75) is 23.8 Å². The van der Waals surface area contributed by atoms with E-state index in [-0.39, 0.29) is 5.56 Å². The average Bonchev–Trinajstić information content (AvgIpc) is 2.71. The number of aryl methyl sites for hydroxylation is 1. The van der Waals surface area contributed by atoms with Crippen molar-refractivity contribution in [3.8, 4) is 0 Å². The van der Waals surface area contributed by atoms with E-state index in [1.165, 1.54) is 17.5 Å². The fourth-order valence-corrected chi connectivity index (χ4v) is 3.63. The molecule has 4 nitrogen and oxygen atoms in total. The molecule has 3 heterocycles. The molecule has 0 aromatic carbocycles. The van der Waals surface area contributed by atoms with Gasteiger partial charge in [-0.25, -0.2) is 4.68 Å². The topological polar surface area (TPSA) is 38.1 Å². The van der Waals surface area contributed by atoms with Crippen molar-refractivity contribution in [2.75, 3.05) is 17.2 Å². The van der Waals surface area contributed by atoms with Gasteiger partial charge in [0.25, 0.3) is 5.56 Å². The van der Waals surface area contributed by atoms with Gasteiger partial charge in [0, 0.05) is 25.4 Å². The van der Waals surface area contributed by atoms with Crippen molar-refractivity contribution < 1.29 is 0 Å². The Hall–Kier alpha value is -0.970. The highest BCUT2D eigenvalue weighted by Crippen LogP contribution is 2.38. The number of nitrogens with zero attached hydrogens (tertiary/aromatic N) is 3. The Labute approximate surface area is 92.3 Å². The molecule has 0 aliphatic carbocycles. The predicted molar refractivity (Wildman–Crippen MR) is 60.6 cm³/mol. The Morgan fingerprint density at radius 2 is 2.47 bits per heavy atom. The summed E-state index contributed by atoms with van der Waals surface area (Å²) in [5, 5.41) is 4.10. The summed E-state index contributed by atoms with van der Waals surface area (Å²) in [5.74, 6) is 1.05. The molecule has 80 valence electrons. The van der Waals surface area contributed by atoms with Gasteiger partial charge in [-0.15, -0.1) is 11.8 Å². The molecule has 2 aliphatic rings. The Bertz CT molecular complexity index is 456. The monoisotopic (exact) mass is 223 g/mol. The van der Waals surface area contributed by atoms with Crippen molar-refractivity contribution in [3.05, 3.63) is 16.6 Å². The van der Waals surface area contributed by atoms with Gasteiger partial charge < -0.3 is 4.90 Å². The minimum absolute atomic E-state index is 0.0443. The molecule has 0 amide bonds. The molecule has 0 saturated carbocycles. The number of aromatic nitrogens is 2. The van der Waals surface area contributed by atoms with Gasteiger partial charge in [0.1, 0.15) is 0 Å². The zero-order valence-corrected chi connectivity index (χ0v) is 9.46. The number of rotatable bonds is 0. The van der Waals surface area contributed by atoms with E-state index in [1.807, 2.05) is 6.20 Å². The van der Waals surface area contributed by atoms with E-state index in [4.69, 9.17) is 0 Å². The van der Waals surface area contributed by atoms with Crippen LogP contribution in [-0.4, -0.2) is 28.1 Å². The van der Waals surface area contributed by atoms with Crippen molar-refractivity contribution in [1.29, 1.82) is 0 Å². The molecule has 15 heavy (non-hydrogen) atoms. The zero-order chi connectivity index (χ0) is 10.4. The van der Waals surface area contributed by atoms with Gasteiger partial charge in [-0.3, -0.25) is 4.79 Å². The van der Waals surface area contributed by atoms with E-state index in [0.717, 1.165) is 22.9 Å². The smallest absolute Gasteiger partial charge is 0.282 e. The fourth-order valence-electron chi connectivity index (χ4n) is 2.35. The maximum atomic E-state index is 11.9. The minimum atomic E-state index is 0.0443. The van der Waals surface area contributed by atoms with Crippen LogP contribution in [0.5, 0.6) is 0 Å². The second-order valence-corrected chi connectivity index (χ2v) is 5.12. The molecular weight excluding hydrogens is 210 g/mol. The van der Waals surface area contributed by atoms with E-state index in [1.54, 1.807) is 18.8 Å². The molecule has 1 fully saturated rings. The van der Waals surface area contributed by atoms with Gasteiger partial charge in [0.05, 0.1) is 16.8 Å². The van der Waals surface area contributed by atoms with Crippen LogP contribution in [0.2, 0.25) is 0 Å². The molecule has 5 heteroatoms. The van der Waals surface area contributed by atoms with Gasteiger partial charge in [-0.1, -0.05) is 0 Å². The predicted octanol–water partition coefficient (Wildman–Crippen LogP) is 0.855. The van der Waals surface area contributed by atoms with Crippen LogP contribution in [0.4, 0.5) is 5.69 Å². The Morgan fingerprint density at radius 3 is 3.33 bits per heavy atom. The first-order valence-corrected chi connectivity index (χ1v) is 6.21. The SMILES string of the molecule is Cn1ncc2c(c1=O)SC[C@@H]1CCCN21. The van der Waals surface area contributed by atoms with E-state index in [0.29, 0.717) is 6.04 Å². The normalized spacial score (nSPS) is 23.8. The van der Waals surface area contributed by atoms with Crippen molar-refractivity contribution in [1.82, 2.24) is 9.78 Å². The molecule has 1 aromatic rings. The van der Waals surface area contributed by atoms with Gasteiger partial charge in [-0.05, 0) is 12.8 Å². The standard InChI is InChI=1S/C10H13N3OS/c1-12-10(14)9-8(5-11-12)13-4-2-3-7(13)6-15-9/h5,7H,2-4,6H2,1H3/t7-/m0/s1. The summed E-state index contributed by atoms with van der Waals surface area (Å²) >= 11 is 1.69. The van der Waals surface area contributed by atoms with Crippen LogP contribution in [-0.2, 0) is 7.05 Å². The maximum Gasteiger partial charge on any atom is 0.282 e. The number of thioether (sulfide) groups is 1. The highest BCUT2D eigenvalue weighted by atomic mass is 32.2. The lowest BCUT2D eigenvalue weighted by Gasteiger charge is -2.32. The van der Waals surface area contributed by atoms with Gasteiger partial charge in [0.15, 0.2) is 0 Å². The summed E-state index contributed by atoms with van der Waals surface area (Å²) in [7, 11) is 1.71. The van der Waals surface area contributed by atoms with E-state index in [9.17, 15) is 4.79 Å². The van der Waals surface area contributed by atoms with Crippen LogP contribution in [0.1, 0.15) is 12.8 Å². The van der Waals surface area contributed by atoms with E-state index in [2.05, 4.69) is 10.00 Å². The first kappa shape index (κ1) is 9.27. The number of hydrogen-bond acceptors (Lipinski definition) is 4. The average molecular weight is 223 g/mol. The summed E-state index contributed by atoms with van der Waals surface area (Å²) < 4.78 is 1.42. The van der Waals surface area contributed by atoms with Crippen molar-refractivity contribution in [3.63, 3.8) is 0 Å². The number of fused-ring (bicyclic) bond motifs is 3. The molecule has 2 aliphatic heterocycles. The largest absolute Gasteiger partial charge is 0.365 e. The third kappa shape index (κ3) is 1.29. The second kappa shape index (κ2) is 3.27. The summed E-state index contributed by atoms with van der Waals surface area (Å²) in [6.07, 6.45) is 4.32. The molecule has 0 radical (unpaired) electrons. The molecular formula is C10H13N3OS. The van der Waals surface area contributed by atoms with E-state index >= 15 is 0 Å². The molecule has 1 aromatic heterocycles. The zero-order valence-electron chi connectivity index (χ0n) is 8.64. The van der Waals surface area contributed by atoms with Crippen molar-refractivity contribution in [2.24, 2.45) is 7.05 Å². The summed E-state index contributed by atoms with van der Waals surface area (Å²) in [5.41, 5.74) is 1.10. The minimum Gasteiger partial charge on any atom is -0.365 e. The first-order chi connectivity index (χ1) is 7.27. The Balaban J connectivity index is 2.15. The first-order valence-electron chi connectivity index (χ1n) is 5.23. The quantitative estimate of drug-likeness (QED) is 0.653. The molecule has 0 N–H and O–H groups in total. The van der Waals surface area contributed by atoms with Crippen molar-refractivity contribution >= 4 is 17.4 Å². The van der Waals surface area contributed by atoms with Gasteiger partial charge >= 0.3 is 0 Å².